The lowest BCUT2D eigenvalue weighted by Gasteiger charge is -2.31. The Morgan fingerprint density at radius 2 is 1.50 bits per heavy atom. The highest BCUT2D eigenvalue weighted by molar-refractivity contribution is 5.86. The third kappa shape index (κ3) is 1.52. The quantitative estimate of drug-likeness (QED) is 0.571. The van der Waals surface area contributed by atoms with Gasteiger partial charge in [-0.05, 0) is 25.7 Å². The second-order valence-corrected chi connectivity index (χ2v) is 4.12. The number of carbonyl (C=O) groups is 1. The van der Waals surface area contributed by atoms with Crippen LogP contribution in [0, 0.1) is 5.41 Å². The molecule has 2 fully saturated rings. The van der Waals surface area contributed by atoms with Crippen LogP contribution in [-0.4, -0.2) is 5.78 Å². The fourth-order valence-electron chi connectivity index (χ4n) is 2.75. The summed E-state index contributed by atoms with van der Waals surface area (Å²) in [4.78, 5) is 11.6. The number of hydrogen-bond acceptors (Lipinski definition) is 1. The summed E-state index contributed by atoms with van der Waals surface area (Å²) in [7, 11) is 0. The third-order valence-corrected chi connectivity index (χ3v) is 3.46. The van der Waals surface area contributed by atoms with E-state index in [-0.39, 0.29) is 17.8 Å². The van der Waals surface area contributed by atoms with Gasteiger partial charge < -0.3 is 0 Å². The average Bonchev–Trinajstić information content (AvgIpc) is 2.36. The van der Waals surface area contributed by atoms with Crippen molar-refractivity contribution >= 4 is 18.2 Å². The van der Waals surface area contributed by atoms with E-state index >= 15 is 0 Å². The standard InChI is InChI=1S/C10H16O.ClH/c11-9-5-4-8-10(9)6-2-1-3-7-10;/h1-8H2;1H. The minimum absolute atomic E-state index is 0. The molecule has 0 amide bonds. The summed E-state index contributed by atoms with van der Waals surface area (Å²) in [6.07, 6.45) is 9.59. The van der Waals surface area contributed by atoms with Crippen LogP contribution in [0.4, 0.5) is 0 Å². The van der Waals surface area contributed by atoms with Gasteiger partial charge in [0.1, 0.15) is 5.78 Å². The van der Waals surface area contributed by atoms with Crippen LogP contribution in [0.25, 0.3) is 0 Å². The second-order valence-electron chi connectivity index (χ2n) is 4.12. The molecular weight excluding hydrogens is 172 g/mol. The molecule has 2 heteroatoms. The Balaban J connectivity index is 0.000000720. The molecule has 12 heavy (non-hydrogen) atoms. The first-order chi connectivity index (χ1) is 5.33. The Bertz CT molecular complexity index is 171. The maximum atomic E-state index is 11.6. The molecule has 0 aromatic heterocycles. The molecule has 2 rings (SSSR count). The minimum Gasteiger partial charge on any atom is -0.299 e. The zero-order chi connectivity index (χ0) is 7.73. The summed E-state index contributed by atoms with van der Waals surface area (Å²) >= 11 is 0. The summed E-state index contributed by atoms with van der Waals surface area (Å²) in [5.74, 6) is 0.581. The average molecular weight is 189 g/mol. The van der Waals surface area contributed by atoms with Gasteiger partial charge in [0.05, 0.1) is 0 Å². The molecular formula is C10H17ClO. The van der Waals surface area contributed by atoms with E-state index in [0.717, 1.165) is 6.42 Å². The summed E-state index contributed by atoms with van der Waals surface area (Å²) in [5, 5.41) is 0. The van der Waals surface area contributed by atoms with Gasteiger partial charge >= 0.3 is 0 Å². The Labute approximate surface area is 80.3 Å². The van der Waals surface area contributed by atoms with Crippen molar-refractivity contribution in [2.75, 3.05) is 0 Å². The van der Waals surface area contributed by atoms with E-state index in [0.29, 0.717) is 5.78 Å². The van der Waals surface area contributed by atoms with Crippen molar-refractivity contribution in [3.63, 3.8) is 0 Å². The number of ketones is 1. The first-order valence-corrected chi connectivity index (χ1v) is 4.87. The SMILES string of the molecule is Cl.O=C1CCCC12CCCCC2. The number of rotatable bonds is 0. The minimum atomic E-state index is 0. The first-order valence-electron chi connectivity index (χ1n) is 4.87. The van der Waals surface area contributed by atoms with Crippen molar-refractivity contribution in [1.29, 1.82) is 0 Å². The van der Waals surface area contributed by atoms with E-state index in [1.54, 1.807) is 0 Å². The highest BCUT2D eigenvalue weighted by Crippen LogP contribution is 2.46. The Morgan fingerprint density at radius 1 is 0.917 bits per heavy atom. The maximum absolute atomic E-state index is 11.6. The molecule has 2 aliphatic rings. The van der Waals surface area contributed by atoms with Crippen LogP contribution in [0.3, 0.4) is 0 Å². The van der Waals surface area contributed by atoms with Gasteiger partial charge in [0.2, 0.25) is 0 Å². The van der Waals surface area contributed by atoms with Crippen molar-refractivity contribution in [3.8, 4) is 0 Å². The molecule has 0 unspecified atom stereocenters. The molecule has 0 saturated heterocycles. The third-order valence-electron chi connectivity index (χ3n) is 3.46. The molecule has 0 aliphatic heterocycles. The van der Waals surface area contributed by atoms with Gasteiger partial charge in [-0.3, -0.25) is 4.79 Å². The lowest BCUT2D eigenvalue weighted by atomic mass is 9.72. The van der Waals surface area contributed by atoms with Crippen molar-refractivity contribution < 1.29 is 4.79 Å². The van der Waals surface area contributed by atoms with Gasteiger partial charge in [0, 0.05) is 11.8 Å². The zero-order valence-electron chi connectivity index (χ0n) is 7.47. The Hall–Kier alpha value is -0.0400. The molecule has 2 aliphatic carbocycles. The van der Waals surface area contributed by atoms with Crippen LogP contribution < -0.4 is 0 Å². The molecule has 1 nitrogen and oxygen atoms in total. The molecule has 0 aromatic carbocycles. The van der Waals surface area contributed by atoms with Gasteiger partial charge in [0.25, 0.3) is 0 Å². The fourth-order valence-corrected chi connectivity index (χ4v) is 2.75. The first kappa shape index (κ1) is 10.0. The van der Waals surface area contributed by atoms with Crippen LogP contribution >= 0.6 is 12.4 Å². The Kier molecular flexibility index (Phi) is 3.16. The van der Waals surface area contributed by atoms with Gasteiger partial charge in [-0.25, -0.2) is 0 Å². The highest BCUT2D eigenvalue weighted by atomic mass is 35.5. The van der Waals surface area contributed by atoms with Gasteiger partial charge in [0.15, 0.2) is 0 Å². The monoisotopic (exact) mass is 188 g/mol. The van der Waals surface area contributed by atoms with Crippen molar-refractivity contribution in [2.45, 2.75) is 51.4 Å². The van der Waals surface area contributed by atoms with Gasteiger partial charge in [-0.15, -0.1) is 12.4 Å². The van der Waals surface area contributed by atoms with Crippen LogP contribution in [0.5, 0.6) is 0 Å². The van der Waals surface area contributed by atoms with E-state index < -0.39 is 0 Å². The van der Waals surface area contributed by atoms with E-state index in [9.17, 15) is 4.79 Å². The molecule has 0 heterocycles. The van der Waals surface area contributed by atoms with Crippen LogP contribution in [-0.2, 0) is 4.79 Å². The zero-order valence-corrected chi connectivity index (χ0v) is 8.29. The van der Waals surface area contributed by atoms with Gasteiger partial charge in [-0.1, -0.05) is 19.3 Å². The maximum Gasteiger partial charge on any atom is 0.139 e. The molecule has 0 bridgehead atoms. The summed E-state index contributed by atoms with van der Waals surface area (Å²) in [6, 6.07) is 0. The van der Waals surface area contributed by atoms with Crippen LogP contribution in [0.15, 0.2) is 0 Å². The topological polar surface area (TPSA) is 17.1 Å². The normalized spacial score (nSPS) is 27.2. The number of carbonyl (C=O) groups excluding carboxylic acids is 1. The summed E-state index contributed by atoms with van der Waals surface area (Å²) < 4.78 is 0. The van der Waals surface area contributed by atoms with Crippen LogP contribution in [0.1, 0.15) is 51.4 Å². The van der Waals surface area contributed by atoms with E-state index in [4.69, 9.17) is 0 Å². The summed E-state index contributed by atoms with van der Waals surface area (Å²) in [6.45, 7) is 0. The van der Waals surface area contributed by atoms with Gasteiger partial charge in [-0.2, -0.15) is 0 Å². The molecule has 2 saturated carbocycles. The van der Waals surface area contributed by atoms with E-state index in [2.05, 4.69) is 0 Å². The number of hydrogen-bond donors (Lipinski definition) is 0. The van der Waals surface area contributed by atoms with Crippen molar-refractivity contribution in [3.05, 3.63) is 0 Å². The molecule has 0 N–H and O–H groups in total. The Morgan fingerprint density at radius 3 is 2.00 bits per heavy atom. The van der Waals surface area contributed by atoms with Crippen molar-refractivity contribution in [1.82, 2.24) is 0 Å². The van der Waals surface area contributed by atoms with Crippen molar-refractivity contribution in [2.24, 2.45) is 5.41 Å². The lowest BCUT2D eigenvalue weighted by molar-refractivity contribution is -0.127. The summed E-state index contributed by atoms with van der Waals surface area (Å²) in [5.41, 5.74) is 0.193. The second kappa shape index (κ2) is 3.78. The molecule has 70 valence electrons. The molecule has 0 atom stereocenters. The fraction of sp³-hybridized carbons (Fsp3) is 0.900. The molecule has 0 radical (unpaired) electrons. The lowest BCUT2D eigenvalue weighted by Crippen LogP contribution is -2.28. The van der Waals surface area contributed by atoms with E-state index in [1.165, 1.54) is 44.9 Å². The predicted octanol–water partition coefficient (Wildman–Crippen LogP) is 3.11. The molecule has 1 spiro atoms. The largest absolute Gasteiger partial charge is 0.299 e. The van der Waals surface area contributed by atoms with Crippen LogP contribution in [0.2, 0.25) is 0 Å². The predicted molar refractivity (Wildman–Crippen MR) is 51.6 cm³/mol. The number of Topliss-reactive ketones (excluding diaryl/α,β-unsaturated/α-hetero) is 1. The number of halogens is 1. The molecule has 0 aromatic rings. The smallest absolute Gasteiger partial charge is 0.139 e. The highest BCUT2D eigenvalue weighted by Gasteiger charge is 2.41. The van der Waals surface area contributed by atoms with E-state index in [1.807, 2.05) is 0 Å².